The highest BCUT2D eigenvalue weighted by Crippen LogP contribution is 2.64. The van der Waals surface area contributed by atoms with Gasteiger partial charge in [-0.2, -0.15) is 0 Å². The van der Waals surface area contributed by atoms with Crippen LogP contribution in [0.1, 0.15) is 87.6 Å². The Kier molecular flexibility index (Phi) is 5.68. The predicted molar refractivity (Wildman–Crippen MR) is 127 cm³/mol. The van der Waals surface area contributed by atoms with Gasteiger partial charge in [-0.25, -0.2) is 4.79 Å². The summed E-state index contributed by atoms with van der Waals surface area (Å²) < 4.78 is 0. The average Bonchev–Trinajstić information content (AvgIpc) is 3.15. The molecule has 4 aliphatic rings. The van der Waals surface area contributed by atoms with Crippen LogP contribution in [0.2, 0.25) is 0 Å². The molecule has 0 aliphatic heterocycles. The summed E-state index contributed by atoms with van der Waals surface area (Å²) in [6.07, 6.45) is 9.62. The second kappa shape index (κ2) is 8.27. The first-order valence-corrected chi connectivity index (χ1v) is 12.8. The molecule has 8 atom stereocenters. The summed E-state index contributed by atoms with van der Waals surface area (Å²) in [4.78, 5) is 23.3. The lowest BCUT2D eigenvalue weighted by molar-refractivity contribution is -0.129. The van der Waals surface area contributed by atoms with Gasteiger partial charge in [0, 0.05) is 11.5 Å². The first-order valence-electron chi connectivity index (χ1n) is 12.8. The predicted octanol–water partition coefficient (Wildman–Crippen LogP) is 5.33. The molecule has 4 aliphatic carbocycles. The van der Waals surface area contributed by atoms with Crippen LogP contribution in [0.3, 0.4) is 0 Å². The van der Waals surface area contributed by atoms with E-state index in [4.69, 9.17) is 5.11 Å². The molecule has 5 rings (SSSR count). The van der Waals surface area contributed by atoms with Gasteiger partial charge in [-0.1, -0.05) is 18.8 Å². The monoisotopic (exact) mass is 448 g/mol. The molecule has 2 N–H and O–H groups in total. The minimum Gasteiger partial charge on any atom is -0.478 e. The summed E-state index contributed by atoms with van der Waals surface area (Å²) in [5, 5.41) is 20.3. The van der Waals surface area contributed by atoms with Crippen LogP contribution < -0.4 is 0 Å². The molecule has 4 nitrogen and oxygen atoms in total. The van der Waals surface area contributed by atoms with Crippen LogP contribution >= 0.6 is 0 Å². The van der Waals surface area contributed by atoms with Gasteiger partial charge in [0.05, 0.1) is 5.56 Å². The van der Waals surface area contributed by atoms with Gasteiger partial charge < -0.3 is 10.2 Å². The van der Waals surface area contributed by atoms with E-state index in [0.717, 1.165) is 43.1 Å². The fraction of sp³-hybridized carbons (Fsp3) is 0.655. The Bertz CT molecular complexity index is 1000. The van der Waals surface area contributed by atoms with E-state index in [9.17, 15) is 14.7 Å². The number of carbonyl (C=O) groups excluding carboxylic acids is 1. The van der Waals surface area contributed by atoms with Crippen molar-refractivity contribution in [2.24, 2.45) is 40.9 Å². The van der Waals surface area contributed by atoms with Gasteiger partial charge in [-0.3, -0.25) is 4.79 Å². The summed E-state index contributed by atoms with van der Waals surface area (Å²) in [5.41, 5.74) is 0.246. The maximum atomic E-state index is 12.3. The van der Waals surface area contributed by atoms with Crippen LogP contribution in [0.5, 0.6) is 0 Å². The highest BCUT2D eigenvalue weighted by Gasteiger charge is 2.58. The molecule has 0 saturated heterocycles. The maximum absolute atomic E-state index is 12.3. The Labute approximate surface area is 197 Å². The zero-order valence-electron chi connectivity index (χ0n) is 19.8. The molecule has 0 spiro atoms. The number of fused-ring (bicyclic) bond motifs is 5. The zero-order chi connectivity index (χ0) is 23.4. The van der Waals surface area contributed by atoms with Gasteiger partial charge in [0.2, 0.25) is 0 Å². The van der Waals surface area contributed by atoms with Gasteiger partial charge in [0.1, 0.15) is 11.4 Å². The fourth-order valence-corrected chi connectivity index (χ4v) is 8.54. The van der Waals surface area contributed by atoms with Gasteiger partial charge in [-0.05, 0) is 124 Å². The van der Waals surface area contributed by atoms with E-state index in [1.165, 1.54) is 32.1 Å². The second-order valence-electron chi connectivity index (χ2n) is 11.6. The number of hydrogen-bond donors (Lipinski definition) is 2. The lowest BCUT2D eigenvalue weighted by atomic mass is 9.49. The van der Waals surface area contributed by atoms with Crippen molar-refractivity contribution in [3.05, 3.63) is 35.4 Å². The highest BCUT2D eigenvalue weighted by atomic mass is 16.4. The summed E-state index contributed by atoms with van der Waals surface area (Å²) in [7, 11) is 0. The Morgan fingerprint density at radius 1 is 0.939 bits per heavy atom. The number of rotatable bonds is 2. The van der Waals surface area contributed by atoms with E-state index in [2.05, 4.69) is 18.8 Å². The number of Topliss-reactive ketones (excluding diaryl/α,β-unsaturated/α-hetero) is 1. The quantitative estimate of drug-likeness (QED) is 0.600. The Hall–Kier alpha value is -2.12. The molecular formula is C29H36O4. The highest BCUT2D eigenvalue weighted by molar-refractivity contribution is 5.87. The maximum Gasteiger partial charge on any atom is 0.335 e. The molecule has 0 unspecified atom stereocenters. The van der Waals surface area contributed by atoms with Crippen LogP contribution in [0, 0.1) is 52.8 Å². The van der Waals surface area contributed by atoms with Crippen LogP contribution in [-0.4, -0.2) is 27.6 Å². The van der Waals surface area contributed by atoms with Gasteiger partial charge in [-0.15, -0.1) is 0 Å². The third-order valence-electron chi connectivity index (χ3n) is 10.1. The number of carboxylic acids is 1. The van der Waals surface area contributed by atoms with Crippen molar-refractivity contribution in [1.82, 2.24) is 0 Å². The Balaban J connectivity index is 1.28. The molecule has 4 fully saturated rings. The molecule has 4 heteroatoms. The number of aromatic carboxylic acids is 1. The van der Waals surface area contributed by atoms with E-state index in [1.54, 1.807) is 31.2 Å². The standard InChI is InChI=1S/C29H36O4/c1-18(30)25-9-10-26-24-8-7-21-17-29(33,15-11-19-3-5-20(6-4-19)27(31)32)16-13-22(21)23(24)12-14-28(25,26)2/h3-6,21-26,33H,7-10,12-14,16-17H2,1-2H3,(H,31,32)/t21-,22+,23-,24-,25-,26+,28-,29-/m1/s1. The van der Waals surface area contributed by atoms with Gasteiger partial charge in [0.25, 0.3) is 0 Å². The van der Waals surface area contributed by atoms with Gasteiger partial charge >= 0.3 is 5.97 Å². The molecule has 0 radical (unpaired) electrons. The van der Waals surface area contributed by atoms with Crippen LogP contribution in [0.25, 0.3) is 0 Å². The van der Waals surface area contributed by atoms with Crippen LogP contribution in [0.15, 0.2) is 24.3 Å². The first kappa shape index (κ1) is 22.7. The van der Waals surface area contributed by atoms with Crippen molar-refractivity contribution in [2.45, 2.75) is 77.2 Å². The molecule has 0 bridgehead atoms. The van der Waals surface area contributed by atoms with Crippen molar-refractivity contribution < 1.29 is 19.8 Å². The molecule has 1 aromatic carbocycles. The normalized spacial score (nSPS) is 41.7. The first-order chi connectivity index (χ1) is 15.7. The fourth-order valence-electron chi connectivity index (χ4n) is 8.54. The number of carbonyl (C=O) groups is 2. The molecule has 0 heterocycles. The lowest BCUT2D eigenvalue weighted by Crippen LogP contribution is -2.51. The third kappa shape index (κ3) is 3.93. The van der Waals surface area contributed by atoms with Crippen molar-refractivity contribution in [3.8, 4) is 11.8 Å². The van der Waals surface area contributed by atoms with E-state index < -0.39 is 11.6 Å². The number of benzene rings is 1. The molecular weight excluding hydrogens is 412 g/mol. The number of aliphatic hydroxyl groups is 1. The summed E-state index contributed by atoms with van der Waals surface area (Å²) in [6, 6.07) is 6.55. The van der Waals surface area contributed by atoms with Crippen LogP contribution in [-0.2, 0) is 4.79 Å². The Morgan fingerprint density at radius 3 is 2.36 bits per heavy atom. The van der Waals surface area contributed by atoms with Crippen molar-refractivity contribution in [3.63, 3.8) is 0 Å². The van der Waals surface area contributed by atoms with E-state index in [1.807, 2.05) is 0 Å². The van der Waals surface area contributed by atoms with E-state index in [-0.39, 0.29) is 16.9 Å². The number of carboxylic acid groups (broad SMARTS) is 1. The molecule has 0 aromatic heterocycles. The third-order valence-corrected chi connectivity index (χ3v) is 10.1. The Morgan fingerprint density at radius 2 is 1.67 bits per heavy atom. The van der Waals surface area contributed by atoms with Gasteiger partial charge in [0.15, 0.2) is 0 Å². The van der Waals surface area contributed by atoms with Crippen LogP contribution in [0.4, 0.5) is 0 Å². The van der Waals surface area contributed by atoms with Crippen molar-refractivity contribution in [1.29, 1.82) is 0 Å². The van der Waals surface area contributed by atoms with Crippen molar-refractivity contribution >= 4 is 11.8 Å². The van der Waals surface area contributed by atoms with E-state index in [0.29, 0.717) is 23.5 Å². The zero-order valence-corrected chi connectivity index (χ0v) is 19.8. The molecule has 1 aromatic rings. The minimum atomic E-state index is -0.949. The summed E-state index contributed by atoms with van der Waals surface area (Å²) >= 11 is 0. The number of ketones is 1. The summed E-state index contributed by atoms with van der Waals surface area (Å²) in [5.74, 6) is 9.36. The molecule has 0 amide bonds. The SMILES string of the molecule is CC(=O)[C@H]1CC[C@H]2[C@@H]3CC[C@@H]4C[C@@](O)(C#Cc5ccc(C(=O)O)cc5)CC[C@@H]4[C@H]3CC[C@]12C. The van der Waals surface area contributed by atoms with E-state index >= 15 is 0 Å². The largest absolute Gasteiger partial charge is 0.478 e. The second-order valence-corrected chi connectivity index (χ2v) is 11.6. The average molecular weight is 449 g/mol. The lowest BCUT2D eigenvalue weighted by Gasteiger charge is -2.56. The number of hydrogen-bond acceptors (Lipinski definition) is 3. The molecule has 33 heavy (non-hydrogen) atoms. The smallest absolute Gasteiger partial charge is 0.335 e. The topological polar surface area (TPSA) is 74.6 Å². The molecule has 176 valence electrons. The molecule has 4 saturated carbocycles. The summed E-state index contributed by atoms with van der Waals surface area (Å²) in [6.45, 7) is 4.20. The minimum absolute atomic E-state index is 0.205. The van der Waals surface area contributed by atoms with Crippen molar-refractivity contribution in [2.75, 3.05) is 0 Å².